The number of rotatable bonds is 8. The van der Waals surface area contributed by atoms with Crippen molar-refractivity contribution in [3.05, 3.63) is 53.6 Å². The molecule has 1 unspecified atom stereocenters. The van der Waals surface area contributed by atoms with Gasteiger partial charge >= 0.3 is 0 Å². The number of sulfonamides is 2. The van der Waals surface area contributed by atoms with E-state index >= 15 is 0 Å². The van der Waals surface area contributed by atoms with E-state index in [9.17, 15) is 21.6 Å². The number of piperidine rings is 2. The molecule has 0 radical (unpaired) electrons. The van der Waals surface area contributed by atoms with Crippen molar-refractivity contribution >= 4 is 26.0 Å². The van der Waals surface area contributed by atoms with Crippen LogP contribution in [0.4, 0.5) is 0 Å². The Kier molecular flexibility index (Phi) is 8.57. The van der Waals surface area contributed by atoms with Crippen LogP contribution in [-0.4, -0.2) is 64.6 Å². The van der Waals surface area contributed by atoms with E-state index in [0.717, 1.165) is 30.4 Å². The first kappa shape index (κ1) is 27.6. The summed E-state index contributed by atoms with van der Waals surface area (Å²) < 4.78 is 60.6. The molecule has 9 nitrogen and oxygen atoms in total. The van der Waals surface area contributed by atoms with Gasteiger partial charge in [0.05, 0.1) is 17.9 Å². The first-order valence-electron chi connectivity index (χ1n) is 12.6. The van der Waals surface area contributed by atoms with E-state index in [4.69, 9.17) is 4.74 Å². The van der Waals surface area contributed by atoms with Crippen molar-refractivity contribution in [3.8, 4) is 5.75 Å². The van der Waals surface area contributed by atoms with E-state index < -0.39 is 26.0 Å². The van der Waals surface area contributed by atoms with Crippen LogP contribution in [-0.2, 0) is 31.4 Å². The second-order valence-corrected chi connectivity index (χ2v) is 13.5. The Balaban J connectivity index is 1.38. The number of hydrogen-bond acceptors (Lipinski definition) is 6. The summed E-state index contributed by atoms with van der Waals surface area (Å²) in [6.45, 7) is 3.59. The highest BCUT2D eigenvalue weighted by atomic mass is 32.2. The Morgan fingerprint density at radius 2 is 1.59 bits per heavy atom. The van der Waals surface area contributed by atoms with Gasteiger partial charge in [-0.15, -0.1) is 0 Å². The highest BCUT2D eigenvalue weighted by molar-refractivity contribution is 7.89. The third kappa shape index (κ3) is 6.17. The average Bonchev–Trinajstić information content (AvgIpc) is 2.92. The normalized spacial score (nSPS) is 19.9. The van der Waals surface area contributed by atoms with Crippen molar-refractivity contribution in [2.45, 2.75) is 55.4 Å². The number of aryl methyl sites for hydroxylation is 1. The summed E-state index contributed by atoms with van der Waals surface area (Å²) in [6, 6.07) is 11.6. The van der Waals surface area contributed by atoms with Crippen molar-refractivity contribution in [2.75, 3.05) is 33.3 Å². The minimum absolute atomic E-state index is 0.0955. The molecule has 0 bridgehead atoms. The van der Waals surface area contributed by atoms with Crippen LogP contribution in [0.15, 0.2) is 52.3 Å². The van der Waals surface area contributed by atoms with Crippen molar-refractivity contribution < 1.29 is 26.4 Å². The summed E-state index contributed by atoms with van der Waals surface area (Å²) in [6.07, 6.45) is 3.98. The van der Waals surface area contributed by atoms with Gasteiger partial charge in [-0.1, -0.05) is 24.6 Å². The lowest BCUT2D eigenvalue weighted by molar-refractivity contribution is -0.126. The lowest BCUT2D eigenvalue weighted by Gasteiger charge is -2.31. The molecule has 2 fully saturated rings. The molecule has 1 amide bonds. The quantitative estimate of drug-likeness (QED) is 0.542. The second kappa shape index (κ2) is 11.5. The van der Waals surface area contributed by atoms with Crippen LogP contribution < -0.4 is 10.1 Å². The van der Waals surface area contributed by atoms with E-state index in [1.165, 1.54) is 15.7 Å². The predicted molar refractivity (Wildman–Crippen MR) is 140 cm³/mol. The summed E-state index contributed by atoms with van der Waals surface area (Å²) in [5.74, 6) is -0.415. The fraction of sp³-hybridized carbons (Fsp3) is 0.500. The molecule has 11 heteroatoms. The van der Waals surface area contributed by atoms with Gasteiger partial charge in [-0.25, -0.2) is 16.8 Å². The maximum Gasteiger partial charge on any atom is 0.246 e. The summed E-state index contributed by atoms with van der Waals surface area (Å²) in [4.78, 5) is 13.3. The van der Waals surface area contributed by atoms with E-state index in [2.05, 4.69) is 5.32 Å². The molecule has 2 aromatic carbocycles. The predicted octanol–water partition coefficient (Wildman–Crippen LogP) is 2.90. The molecule has 1 atom stereocenters. The topological polar surface area (TPSA) is 113 Å². The summed E-state index contributed by atoms with van der Waals surface area (Å²) in [5, 5.41) is 2.89. The zero-order valence-electron chi connectivity index (χ0n) is 21.4. The number of nitrogens with one attached hydrogen (secondary N) is 1. The third-order valence-corrected chi connectivity index (χ3v) is 10.8. The molecule has 0 aromatic heterocycles. The van der Waals surface area contributed by atoms with Gasteiger partial charge in [-0.3, -0.25) is 4.79 Å². The third-order valence-electron chi connectivity index (χ3n) is 7.03. The second-order valence-electron chi connectivity index (χ2n) is 9.68. The number of amides is 1. The molecule has 0 aliphatic carbocycles. The van der Waals surface area contributed by atoms with Crippen LogP contribution in [0.5, 0.6) is 5.75 Å². The fourth-order valence-electron chi connectivity index (χ4n) is 4.87. The number of methoxy groups -OCH3 is 1. The van der Waals surface area contributed by atoms with Gasteiger partial charge in [0.25, 0.3) is 0 Å². The Morgan fingerprint density at radius 3 is 2.27 bits per heavy atom. The number of carbonyl (C=O) groups is 1. The molecule has 0 spiro atoms. The first-order valence-corrected chi connectivity index (χ1v) is 15.5. The van der Waals surface area contributed by atoms with Crippen molar-refractivity contribution in [1.29, 1.82) is 0 Å². The van der Waals surface area contributed by atoms with Crippen molar-refractivity contribution in [1.82, 2.24) is 13.9 Å². The van der Waals surface area contributed by atoms with E-state index in [0.29, 0.717) is 32.5 Å². The van der Waals surface area contributed by atoms with Crippen LogP contribution in [0.3, 0.4) is 0 Å². The monoisotopic (exact) mass is 549 g/mol. The fourth-order valence-corrected chi connectivity index (χ4v) is 8.15. The zero-order valence-corrected chi connectivity index (χ0v) is 23.0. The van der Waals surface area contributed by atoms with Crippen molar-refractivity contribution in [3.63, 3.8) is 0 Å². The van der Waals surface area contributed by atoms with Crippen LogP contribution in [0.2, 0.25) is 0 Å². The standard InChI is InChI=1S/C26H35N3O6S2/c1-20-8-13-24(35-2)25(17-20)37(33,34)29-16-6-7-22(19-29)26(30)27-18-21-9-11-23(12-10-21)36(31,32)28-14-4-3-5-15-28/h8-13,17,22H,3-7,14-16,18-19H2,1-2H3,(H,27,30). The molecule has 2 aromatic rings. The Bertz CT molecular complexity index is 1320. The largest absolute Gasteiger partial charge is 0.495 e. The van der Waals surface area contributed by atoms with Gasteiger partial charge in [-0.05, 0) is 68.0 Å². The van der Waals surface area contributed by atoms with Crippen LogP contribution in [0, 0.1) is 12.8 Å². The summed E-state index contributed by atoms with van der Waals surface area (Å²) in [5.41, 5.74) is 1.58. The highest BCUT2D eigenvalue weighted by Crippen LogP contribution is 2.30. The van der Waals surface area contributed by atoms with Gasteiger partial charge in [0.1, 0.15) is 10.6 Å². The Labute approximate surface area is 219 Å². The number of hydrogen-bond donors (Lipinski definition) is 1. The smallest absolute Gasteiger partial charge is 0.246 e. The van der Waals surface area contributed by atoms with E-state index in [1.807, 2.05) is 6.92 Å². The van der Waals surface area contributed by atoms with Gasteiger partial charge in [-0.2, -0.15) is 8.61 Å². The molecule has 1 N–H and O–H groups in total. The number of benzene rings is 2. The number of carbonyl (C=O) groups excluding carboxylic acids is 1. The Hall–Kier alpha value is -2.47. The molecule has 0 saturated carbocycles. The molecule has 2 aliphatic heterocycles. The molecule has 2 heterocycles. The molecule has 2 saturated heterocycles. The van der Waals surface area contributed by atoms with Gasteiger partial charge in [0.2, 0.25) is 26.0 Å². The molecule has 37 heavy (non-hydrogen) atoms. The van der Waals surface area contributed by atoms with Gasteiger partial charge in [0, 0.05) is 32.7 Å². The zero-order chi connectivity index (χ0) is 26.6. The molecule has 2 aliphatic rings. The summed E-state index contributed by atoms with van der Waals surface area (Å²) >= 11 is 0. The SMILES string of the molecule is COc1ccc(C)cc1S(=O)(=O)N1CCCC(C(=O)NCc2ccc(S(=O)(=O)N3CCCCC3)cc2)C1. The van der Waals surface area contributed by atoms with E-state index in [-0.39, 0.29) is 34.5 Å². The lowest BCUT2D eigenvalue weighted by Crippen LogP contribution is -2.45. The molecular weight excluding hydrogens is 514 g/mol. The van der Waals surface area contributed by atoms with Crippen LogP contribution in [0.1, 0.15) is 43.2 Å². The number of ether oxygens (including phenoxy) is 1. The highest BCUT2D eigenvalue weighted by Gasteiger charge is 2.35. The summed E-state index contributed by atoms with van der Waals surface area (Å²) in [7, 11) is -5.89. The molecule has 4 rings (SSSR count). The van der Waals surface area contributed by atoms with Crippen LogP contribution in [0.25, 0.3) is 0 Å². The minimum Gasteiger partial charge on any atom is -0.495 e. The Morgan fingerprint density at radius 1 is 0.919 bits per heavy atom. The maximum absolute atomic E-state index is 13.4. The van der Waals surface area contributed by atoms with Crippen LogP contribution >= 0.6 is 0 Å². The number of nitrogens with zero attached hydrogens (tertiary/aromatic N) is 2. The van der Waals surface area contributed by atoms with E-state index in [1.54, 1.807) is 42.5 Å². The first-order chi connectivity index (χ1) is 17.6. The lowest BCUT2D eigenvalue weighted by atomic mass is 9.99. The maximum atomic E-state index is 13.4. The minimum atomic E-state index is -3.82. The molecule has 202 valence electrons. The van der Waals surface area contributed by atoms with Crippen molar-refractivity contribution in [2.24, 2.45) is 5.92 Å². The van der Waals surface area contributed by atoms with Gasteiger partial charge < -0.3 is 10.1 Å². The molecular formula is C26H35N3O6S2. The van der Waals surface area contributed by atoms with Gasteiger partial charge in [0.15, 0.2) is 0 Å². The average molecular weight is 550 g/mol.